The third kappa shape index (κ3) is 6.38. The van der Waals surface area contributed by atoms with Gasteiger partial charge in [-0.2, -0.15) is 0 Å². The number of nitrogens with two attached hydrogens (primary N) is 1. The van der Waals surface area contributed by atoms with Crippen LogP contribution in [0.1, 0.15) is 40.5 Å². The van der Waals surface area contributed by atoms with Gasteiger partial charge in [0.05, 0.1) is 0 Å². The number of anilines is 2. The van der Waals surface area contributed by atoms with Crippen LogP contribution in [-0.2, 0) is 0 Å². The summed E-state index contributed by atoms with van der Waals surface area (Å²) in [6, 6.07) is 1.92. The summed E-state index contributed by atoms with van der Waals surface area (Å²) in [6.45, 7) is 10.1. The molecule has 0 aliphatic carbocycles. The highest BCUT2D eigenvalue weighted by Crippen LogP contribution is 2.14. The quantitative estimate of drug-likeness (QED) is 0.630. The Morgan fingerprint density at radius 3 is 2.58 bits per heavy atom. The summed E-state index contributed by atoms with van der Waals surface area (Å²) in [4.78, 5) is 8.43. The molecule has 5 heteroatoms. The Morgan fingerprint density at radius 1 is 1.26 bits per heavy atom. The molecule has 0 spiro atoms. The highest BCUT2D eigenvalue weighted by Gasteiger charge is 2.15. The predicted octanol–water partition coefficient (Wildman–Crippen LogP) is 2.47. The number of nitrogens with zero attached hydrogens (tertiary/aromatic N) is 2. The zero-order chi connectivity index (χ0) is 14.3. The molecular weight excluding hydrogens is 238 g/mol. The summed E-state index contributed by atoms with van der Waals surface area (Å²) in [7, 11) is 0. The fraction of sp³-hybridized carbons (Fsp3) is 0.714. The average molecular weight is 265 g/mol. The summed E-state index contributed by atoms with van der Waals surface area (Å²) in [5, 5.41) is 6.62. The topological polar surface area (TPSA) is 75.9 Å². The largest absolute Gasteiger partial charge is 0.370 e. The van der Waals surface area contributed by atoms with Crippen LogP contribution in [0.2, 0.25) is 0 Å². The van der Waals surface area contributed by atoms with Gasteiger partial charge in [-0.3, -0.25) is 0 Å². The van der Waals surface area contributed by atoms with Gasteiger partial charge in [0.2, 0.25) is 0 Å². The molecule has 0 amide bonds. The molecule has 108 valence electrons. The first-order valence-corrected chi connectivity index (χ1v) is 6.97. The second-order valence-electron chi connectivity index (χ2n) is 5.96. The maximum Gasteiger partial charge on any atom is 0.131 e. The third-order valence-electron chi connectivity index (χ3n) is 2.91. The van der Waals surface area contributed by atoms with Gasteiger partial charge in [0.25, 0.3) is 0 Å². The first kappa shape index (κ1) is 15.7. The van der Waals surface area contributed by atoms with E-state index in [-0.39, 0.29) is 5.54 Å². The Kier molecular flexibility index (Phi) is 6.02. The van der Waals surface area contributed by atoms with E-state index >= 15 is 0 Å². The minimum atomic E-state index is -0.163. The second-order valence-corrected chi connectivity index (χ2v) is 5.96. The fourth-order valence-corrected chi connectivity index (χ4v) is 1.65. The fourth-order valence-electron chi connectivity index (χ4n) is 1.65. The Hall–Kier alpha value is -1.36. The molecule has 1 rings (SSSR count). The predicted molar refractivity (Wildman–Crippen MR) is 81.3 cm³/mol. The van der Waals surface area contributed by atoms with Crippen molar-refractivity contribution in [2.75, 3.05) is 23.7 Å². The van der Waals surface area contributed by atoms with E-state index in [1.807, 2.05) is 19.9 Å². The van der Waals surface area contributed by atoms with Crippen molar-refractivity contribution in [2.24, 2.45) is 11.7 Å². The van der Waals surface area contributed by atoms with Gasteiger partial charge in [-0.05, 0) is 32.6 Å². The van der Waals surface area contributed by atoms with Crippen molar-refractivity contribution in [3.05, 3.63) is 12.4 Å². The van der Waals surface area contributed by atoms with Gasteiger partial charge in [0.15, 0.2) is 0 Å². The zero-order valence-electron chi connectivity index (χ0n) is 12.5. The number of hydrogen-bond acceptors (Lipinski definition) is 5. The lowest BCUT2D eigenvalue weighted by atomic mass is 10.1. The molecule has 0 radical (unpaired) electrons. The number of hydrogen-bond donors (Lipinski definition) is 3. The van der Waals surface area contributed by atoms with Crippen LogP contribution in [0.4, 0.5) is 11.6 Å². The molecule has 0 saturated heterocycles. The molecule has 5 nitrogen and oxygen atoms in total. The minimum absolute atomic E-state index is 0.163. The number of rotatable bonds is 8. The van der Waals surface area contributed by atoms with E-state index in [1.54, 1.807) is 6.33 Å². The van der Waals surface area contributed by atoms with E-state index in [9.17, 15) is 0 Å². The molecule has 0 aromatic carbocycles. The molecule has 1 aromatic rings. The van der Waals surface area contributed by atoms with Gasteiger partial charge in [-0.25, -0.2) is 9.97 Å². The van der Waals surface area contributed by atoms with Gasteiger partial charge in [0.1, 0.15) is 18.0 Å². The highest BCUT2D eigenvalue weighted by molar-refractivity contribution is 5.47. The molecule has 1 heterocycles. The Balaban J connectivity index is 2.48. The van der Waals surface area contributed by atoms with Crippen LogP contribution in [0.5, 0.6) is 0 Å². The van der Waals surface area contributed by atoms with E-state index in [0.717, 1.165) is 30.5 Å². The van der Waals surface area contributed by atoms with Crippen LogP contribution in [0.3, 0.4) is 0 Å². The molecule has 0 bridgehead atoms. The number of nitrogens with one attached hydrogen (secondary N) is 2. The van der Waals surface area contributed by atoms with E-state index in [2.05, 4.69) is 34.4 Å². The number of aromatic nitrogens is 2. The Morgan fingerprint density at radius 2 is 1.95 bits per heavy atom. The molecule has 4 N–H and O–H groups in total. The maximum atomic E-state index is 5.70. The summed E-state index contributed by atoms with van der Waals surface area (Å²) in [6.07, 6.45) is 3.95. The SMILES string of the molecule is CC(C)CCCNc1cc(NC(C)(C)CN)ncn1. The van der Waals surface area contributed by atoms with Crippen molar-refractivity contribution in [1.82, 2.24) is 9.97 Å². The second kappa shape index (κ2) is 7.28. The van der Waals surface area contributed by atoms with Gasteiger partial charge < -0.3 is 16.4 Å². The van der Waals surface area contributed by atoms with E-state index < -0.39 is 0 Å². The summed E-state index contributed by atoms with van der Waals surface area (Å²) in [5.74, 6) is 2.40. The van der Waals surface area contributed by atoms with Crippen molar-refractivity contribution in [1.29, 1.82) is 0 Å². The lowest BCUT2D eigenvalue weighted by Crippen LogP contribution is -2.39. The van der Waals surface area contributed by atoms with Crippen molar-refractivity contribution in [2.45, 2.75) is 46.1 Å². The third-order valence-corrected chi connectivity index (χ3v) is 2.91. The monoisotopic (exact) mass is 265 g/mol. The molecule has 0 atom stereocenters. The molecule has 19 heavy (non-hydrogen) atoms. The van der Waals surface area contributed by atoms with Crippen LogP contribution < -0.4 is 16.4 Å². The molecule has 0 fully saturated rings. The zero-order valence-corrected chi connectivity index (χ0v) is 12.5. The Bertz CT molecular complexity index is 376. The smallest absolute Gasteiger partial charge is 0.131 e. The normalized spacial score (nSPS) is 11.7. The van der Waals surface area contributed by atoms with Crippen molar-refractivity contribution in [3.8, 4) is 0 Å². The lowest BCUT2D eigenvalue weighted by molar-refractivity contribution is 0.566. The highest BCUT2D eigenvalue weighted by atomic mass is 15.1. The van der Waals surface area contributed by atoms with E-state index in [0.29, 0.717) is 6.54 Å². The van der Waals surface area contributed by atoms with Gasteiger partial charge in [-0.1, -0.05) is 13.8 Å². The molecular formula is C14H27N5. The van der Waals surface area contributed by atoms with Crippen molar-refractivity contribution >= 4 is 11.6 Å². The summed E-state index contributed by atoms with van der Waals surface area (Å²) >= 11 is 0. The molecule has 0 aliphatic rings. The van der Waals surface area contributed by atoms with Crippen molar-refractivity contribution in [3.63, 3.8) is 0 Å². The van der Waals surface area contributed by atoms with Crippen LogP contribution in [-0.4, -0.2) is 28.6 Å². The van der Waals surface area contributed by atoms with Crippen LogP contribution >= 0.6 is 0 Å². The van der Waals surface area contributed by atoms with Gasteiger partial charge in [-0.15, -0.1) is 0 Å². The molecule has 0 aliphatic heterocycles. The first-order chi connectivity index (χ1) is 8.93. The first-order valence-electron chi connectivity index (χ1n) is 6.97. The standard InChI is InChI=1S/C14H27N5/c1-11(2)6-5-7-16-12-8-13(18-10-17-12)19-14(3,4)9-15/h8,10-11H,5-7,9,15H2,1-4H3,(H2,16,17,18,19). The van der Waals surface area contributed by atoms with Crippen LogP contribution in [0, 0.1) is 5.92 Å². The van der Waals surface area contributed by atoms with Crippen LogP contribution in [0.25, 0.3) is 0 Å². The lowest BCUT2D eigenvalue weighted by Gasteiger charge is -2.24. The van der Waals surface area contributed by atoms with Crippen molar-refractivity contribution < 1.29 is 0 Å². The van der Waals surface area contributed by atoms with E-state index in [1.165, 1.54) is 6.42 Å². The van der Waals surface area contributed by atoms with Crippen LogP contribution in [0.15, 0.2) is 12.4 Å². The Labute approximate surface area is 116 Å². The minimum Gasteiger partial charge on any atom is -0.370 e. The maximum absolute atomic E-state index is 5.70. The average Bonchev–Trinajstić information content (AvgIpc) is 2.34. The molecule has 0 saturated carbocycles. The molecule has 1 aromatic heterocycles. The van der Waals surface area contributed by atoms with Gasteiger partial charge in [0, 0.05) is 24.7 Å². The molecule has 0 unspecified atom stereocenters. The van der Waals surface area contributed by atoms with E-state index in [4.69, 9.17) is 5.73 Å². The van der Waals surface area contributed by atoms with Gasteiger partial charge >= 0.3 is 0 Å². The summed E-state index contributed by atoms with van der Waals surface area (Å²) < 4.78 is 0. The summed E-state index contributed by atoms with van der Waals surface area (Å²) in [5.41, 5.74) is 5.53.